The van der Waals surface area contributed by atoms with E-state index in [0.717, 1.165) is 25.9 Å². The number of nitrogens with one attached hydrogen (secondary N) is 1. The van der Waals surface area contributed by atoms with E-state index in [0.29, 0.717) is 32.7 Å². The zero-order valence-electron chi connectivity index (χ0n) is 15.9. The maximum absolute atomic E-state index is 12.5. The molecule has 0 radical (unpaired) electrons. The van der Waals surface area contributed by atoms with Crippen molar-refractivity contribution in [3.8, 4) is 5.69 Å². The zero-order chi connectivity index (χ0) is 21.3. The molecule has 0 spiro atoms. The molecule has 0 bridgehead atoms. The second-order valence-electron chi connectivity index (χ2n) is 6.97. The van der Waals surface area contributed by atoms with E-state index in [4.69, 9.17) is 28.9 Å². The Morgan fingerprint density at radius 1 is 1.00 bits per heavy atom. The smallest absolute Gasteiger partial charge is 0.271 e. The highest BCUT2D eigenvalue weighted by molar-refractivity contribution is 6.37. The van der Waals surface area contributed by atoms with E-state index in [1.807, 2.05) is 4.90 Å². The van der Waals surface area contributed by atoms with E-state index in [-0.39, 0.29) is 11.6 Å². The molecule has 2 aromatic carbocycles. The Morgan fingerprint density at radius 3 is 2.23 bits per heavy atom. The molecule has 0 aliphatic carbocycles. The molecule has 0 saturated carbocycles. The van der Waals surface area contributed by atoms with E-state index in [9.17, 15) is 9.59 Å². The summed E-state index contributed by atoms with van der Waals surface area (Å²) < 4.78 is 1.42. The van der Waals surface area contributed by atoms with Crippen LogP contribution >= 0.6 is 23.2 Å². The lowest BCUT2D eigenvalue weighted by Crippen LogP contribution is -2.27. The first-order valence-electron chi connectivity index (χ1n) is 9.44. The fraction of sp³-hybridized carbons (Fsp3) is 0.190. The highest BCUT2D eigenvalue weighted by Crippen LogP contribution is 2.30. The average molecular weight is 444 g/mol. The molecule has 3 N–H and O–H groups in total. The van der Waals surface area contributed by atoms with Crippen molar-refractivity contribution >= 4 is 46.4 Å². The molecule has 7 nitrogen and oxygen atoms in total. The number of para-hydroxylation sites is 1. The minimum Gasteiger partial charge on any atom is -0.364 e. The van der Waals surface area contributed by atoms with Gasteiger partial charge in [0.05, 0.1) is 21.9 Å². The van der Waals surface area contributed by atoms with Crippen molar-refractivity contribution in [2.24, 2.45) is 5.73 Å². The number of likely N-dealkylation sites (tertiary alicyclic amines) is 1. The van der Waals surface area contributed by atoms with E-state index in [1.165, 1.54) is 4.68 Å². The summed E-state index contributed by atoms with van der Waals surface area (Å²) in [6.45, 7) is 1.59. The Hall–Kier alpha value is -3.03. The van der Waals surface area contributed by atoms with Crippen LogP contribution in [-0.4, -0.2) is 39.6 Å². The van der Waals surface area contributed by atoms with Crippen molar-refractivity contribution in [2.75, 3.05) is 18.4 Å². The minimum absolute atomic E-state index is 0.0260. The molecular weight excluding hydrogens is 425 g/mol. The van der Waals surface area contributed by atoms with E-state index < -0.39 is 5.91 Å². The Balaban J connectivity index is 1.60. The van der Waals surface area contributed by atoms with Gasteiger partial charge >= 0.3 is 0 Å². The molecule has 1 fully saturated rings. The summed E-state index contributed by atoms with van der Waals surface area (Å²) in [4.78, 5) is 26.2. The van der Waals surface area contributed by atoms with Crippen LogP contribution in [0.2, 0.25) is 10.0 Å². The maximum Gasteiger partial charge on any atom is 0.271 e. The molecule has 0 unspecified atom stereocenters. The molecule has 0 atom stereocenters. The average Bonchev–Trinajstić information content (AvgIpc) is 3.38. The van der Waals surface area contributed by atoms with Gasteiger partial charge in [-0.15, -0.1) is 0 Å². The first kappa shape index (κ1) is 20.3. The number of anilines is 2. The third kappa shape index (κ3) is 3.99. The molecule has 1 aliphatic heterocycles. The molecule has 4 rings (SSSR count). The summed E-state index contributed by atoms with van der Waals surface area (Å²) in [7, 11) is 0. The van der Waals surface area contributed by atoms with Crippen molar-refractivity contribution in [3.05, 3.63) is 70.0 Å². The number of hydrogen-bond donors (Lipinski definition) is 2. The van der Waals surface area contributed by atoms with Crippen molar-refractivity contribution in [3.63, 3.8) is 0 Å². The maximum atomic E-state index is 12.5. The lowest BCUT2D eigenvalue weighted by molar-refractivity contribution is 0.0792. The lowest BCUT2D eigenvalue weighted by Gasteiger charge is -2.15. The molecule has 2 heterocycles. The normalized spacial score (nSPS) is 13.5. The number of primary amides is 1. The van der Waals surface area contributed by atoms with Gasteiger partial charge in [0, 0.05) is 24.3 Å². The Morgan fingerprint density at radius 2 is 1.63 bits per heavy atom. The lowest BCUT2D eigenvalue weighted by atomic mass is 10.2. The second-order valence-corrected chi connectivity index (χ2v) is 7.79. The fourth-order valence-electron chi connectivity index (χ4n) is 3.42. The van der Waals surface area contributed by atoms with Gasteiger partial charge in [-0.25, -0.2) is 4.68 Å². The van der Waals surface area contributed by atoms with E-state index >= 15 is 0 Å². The van der Waals surface area contributed by atoms with Crippen LogP contribution in [0.4, 0.5) is 11.4 Å². The van der Waals surface area contributed by atoms with Crippen LogP contribution in [-0.2, 0) is 0 Å². The number of aromatic nitrogens is 2. The molecule has 30 heavy (non-hydrogen) atoms. The van der Waals surface area contributed by atoms with Crippen LogP contribution < -0.4 is 11.1 Å². The molecule has 9 heteroatoms. The van der Waals surface area contributed by atoms with Gasteiger partial charge in [0.15, 0.2) is 5.69 Å². The van der Waals surface area contributed by atoms with Gasteiger partial charge in [-0.05, 0) is 49.2 Å². The number of hydrogen-bond acceptors (Lipinski definition) is 4. The molecule has 1 aliphatic rings. The number of carbonyl (C=O) groups excluding carboxylic acids is 2. The quantitative estimate of drug-likeness (QED) is 0.615. The van der Waals surface area contributed by atoms with Crippen LogP contribution in [0.15, 0.2) is 48.7 Å². The van der Waals surface area contributed by atoms with Crippen molar-refractivity contribution in [1.29, 1.82) is 0 Å². The summed E-state index contributed by atoms with van der Waals surface area (Å²) in [5, 5.41) is 8.14. The van der Waals surface area contributed by atoms with E-state index in [1.54, 1.807) is 48.7 Å². The zero-order valence-corrected chi connectivity index (χ0v) is 17.5. The van der Waals surface area contributed by atoms with Crippen molar-refractivity contribution < 1.29 is 9.59 Å². The molecule has 3 aromatic rings. The predicted molar refractivity (Wildman–Crippen MR) is 117 cm³/mol. The van der Waals surface area contributed by atoms with Crippen molar-refractivity contribution in [2.45, 2.75) is 12.8 Å². The van der Waals surface area contributed by atoms with Gasteiger partial charge in [-0.1, -0.05) is 29.3 Å². The molecule has 1 saturated heterocycles. The second kappa shape index (κ2) is 8.38. The first-order valence-corrected chi connectivity index (χ1v) is 10.2. The van der Waals surface area contributed by atoms with E-state index in [2.05, 4.69) is 10.4 Å². The summed E-state index contributed by atoms with van der Waals surface area (Å²) in [6.07, 6.45) is 3.68. The largest absolute Gasteiger partial charge is 0.364 e. The van der Waals surface area contributed by atoms with Crippen LogP contribution in [0, 0.1) is 0 Å². The predicted octanol–water partition coefficient (Wildman–Crippen LogP) is 4.26. The summed E-state index contributed by atoms with van der Waals surface area (Å²) in [5.41, 5.74) is 7.69. The number of benzene rings is 2. The van der Waals surface area contributed by atoms with Crippen LogP contribution in [0.1, 0.15) is 33.7 Å². The van der Waals surface area contributed by atoms with Gasteiger partial charge in [0.2, 0.25) is 0 Å². The topological polar surface area (TPSA) is 93.2 Å². The van der Waals surface area contributed by atoms with Crippen LogP contribution in [0.25, 0.3) is 5.69 Å². The highest BCUT2D eigenvalue weighted by Gasteiger charge is 2.20. The summed E-state index contributed by atoms with van der Waals surface area (Å²) >= 11 is 12.5. The highest BCUT2D eigenvalue weighted by atomic mass is 35.5. The molecular formula is C21H19Cl2N5O2. The molecule has 1 aromatic heterocycles. The van der Waals surface area contributed by atoms with Crippen LogP contribution in [0.5, 0.6) is 0 Å². The number of rotatable bonds is 5. The summed E-state index contributed by atoms with van der Waals surface area (Å²) in [6, 6.07) is 12.1. The first-order chi connectivity index (χ1) is 14.4. The Labute approximate surface area is 183 Å². The van der Waals surface area contributed by atoms with Gasteiger partial charge in [-0.3, -0.25) is 9.59 Å². The SMILES string of the molecule is NC(=O)c1nn(-c2c(Cl)cccc2Cl)cc1Nc1ccc(C(=O)N2CCCC2)cc1. The molecule has 154 valence electrons. The third-order valence-corrected chi connectivity index (χ3v) is 5.53. The minimum atomic E-state index is -0.694. The monoisotopic (exact) mass is 443 g/mol. The molecule has 2 amide bonds. The third-order valence-electron chi connectivity index (χ3n) is 4.92. The number of nitrogens with zero attached hydrogens (tertiary/aromatic N) is 3. The Bertz CT molecular complexity index is 1080. The van der Waals surface area contributed by atoms with Gasteiger partial charge in [-0.2, -0.15) is 5.10 Å². The standard InChI is InChI=1S/C21H19Cl2N5O2/c22-15-4-3-5-16(23)19(15)28-12-17(18(26-28)20(24)29)25-14-8-6-13(7-9-14)21(30)27-10-1-2-11-27/h3-9,12,25H,1-2,10-11H2,(H2,24,29). The summed E-state index contributed by atoms with van der Waals surface area (Å²) in [5.74, 6) is -0.668. The van der Waals surface area contributed by atoms with Crippen molar-refractivity contribution in [1.82, 2.24) is 14.7 Å². The fourth-order valence-corrected chi connectivity index (χ4v) is 3.99. The van der Waals surface area contributed by atoms with Gasteiger partial charge in [0.1, 0.15) is 5.69 Å². The van der Waals surface area contributed by atoms with Crippen LogP contribution in [0.3, 0.4) is 0 Å². The number of halogens is 2. The number of nitrogens with two attached hydrogens (primary N) is 1. The van der Waals surface area contributed by atoms with Gasteiger partial charge < -0.3 is 16.0 Å². The van der Waals surface area contributed by atoms with Gasteiger partial charge in [0.25, 0.3) is 11.8 Å². The Kier molecular flexibility index (Phi) is 5.65. The number of amides is 2. The number of carbonyl (C=O) groups is 2.